The van der Waals surface area contributed by atoms with Crippen molar-refractivity contribution in [3.8, 4) is 0 Å². The Balaban J connectivity index is 1.62. The maximum Gasteiger partial charge on any atom is 0.0511 e. The number of allylic oxidation sites excluding steroid dienone is 5. The predicted molar refractivity (Wildman–Crippen MR) is 173 cm³/mol. The number of hydrogen-bond donors (Lipinski definition) is 0. The molecule has 4 aromatic rings. The van der Waals surface area contributed by atoms with Gasteiger partial charge < -0.3 is 0 Å². The molecule has 0 aromatic heterocycles. The molecule has 0 bridgehead atoms. The Hall–Kier alpha value is -4.23. The molecule has 1 aliphatic carbocycles. The van der Waals surface area contributed by atoms with Gasteiger partial charge in [-0.2, -0.15) is 0 Å². The zero-order valence-corrected chi connectivity index (χ0v) is 23.8. The van der Waals surface area contributed by atoms with Gasteiger partial charge in [0, 0.05) is 12.1 Å². The SMILES string of the molecule is CCc1ccc(/C2=c3\cccc\c3=C(/c3ccc(C4=CC=NC(C)C4)cc3)C/C=C\C=C/C2C)c2ccccc12. The molecule has 2 aliphatic rings. The first kappa shape index (κ1) is 26.0. The van der Waals surface area contributed by atoms with Crippen LogP contribution in [0.2, 0.25) is 0 Å². The summed E-state index contributed by atoms with van der Waals surface area (Å²) in [6, 6.07) is 32.2. The van der Waals surface area contributed by atoms with Crippen molar-refractivity contribution >= 4 is 33.7 Å². The molecule has 0 fully saturated rings. The lowest BCUT2D eigenvalue weighted by atomic mass is 9.85. The molecule has 0 spiro atoms. The summed E-state index contributed by atoms with van der Waals surface area (Å²) in [6.45, 7) is 6.76. The van der Waals surface area contributed by atoms with Gasteiger partial charge in [0.05, 0.1) is 6.04 Å². The van der Waals surface area contributed by atoms with E-state index in [0.717, 1.165) is 19.3 Å². The number of rotatable bonds is 4. The van der Waals surface area contributed by atoms with Crippen LogP contribution < -0.4 is 10.4 Å². The summed E-state index contributed by atoms with van der Waals surface area (Å²) < 4.78 is 0. The standard InChI is InChI=1S/C39H37N/c1-4-29-22-23-38(35-15-9-8-14-33(29)35)39-27(2)12-6-5-7-13-34(36-16-10-11-17-37(36)39)31-20-18-30(19-21-31)32-24-25-40-28(3)26-32/h5-12,14-25,27-28H,4,13,26H2,1-3H3/b7-5-,12-6-,36-34+,39-37+. The van der Waals surface area contributed by atoms with Gasteiger partial charge in [-0.1, -0.05) is 123 Å². The lowest BCUT2D eigenvalue weighted by molar-refractivity contribution is 0.768. The van der Waals surface area contributed by atoms with Crippen molar-refractivity contribution < 1.29 is 0 Å². The molecular formula is C39H37N. The van der Waals surface area contributed by atoms with Crippen LogP contribution >= 0.6 is 0 Å². The Morgan fingerprint density at radius 3 is 2.25 bits per heavy atom. The van der Waals surface area contributed by atoms with Crippen LogP contribution in [0.1, 0.15) is 55.9 Å². The average molecular weight is 520 g/mol. The number of aliphatic imine (C=N–C) groups is 1. The van der Waals surface area contributed by atoms with Crippen LogP contribution in [0.3, 0.4) is 0 Å². The highest BCUT2D eigenvalue weighted by Crippen LogP contribution is 2.32. The van der Waals surface area contributed by atoms with E-state index in [1.165, 1.54) is 60.2 Å². The van der Waals surface area contributed by atoms with Gasteiger partial charge in [0.15, 0.2) is 0 Å². The molecule has 1 nitrogen and oxygen atoms in total. The number of hydrogen-bond acceptors (Lipinski definition) is 1. The van der Waals surface area contributed by atoms with Crippen LogP contribution in [0.5, 0.6) is 0 Å². The highest BCUT2D eigenvalue weighted by Gasteiger charge is 2.16. The summed E-state index contributed by atoms with van der Waals surface area (Å²) in [4.78, 5) is 4.50. The van der Waals surface area contributed by atoms with Crippen molar-refractivity contribution in [2.75, 3.05) is 0 Å². The molecule has 1 heterocycles. The molecule has 1 aliphatic heterocycles. The van der Waals surface area contributed by atoms with Gasteiger partial charge in [0.25, 0.3) is 0 Å². The van der Waals surface area contributed by atoms with E-state index in [0.29, 0.717) is 6.04 Å². The number of benzene rings is 4. The summed E-state index contributed by atoms with van der Waals surface area (Å²) in [5.41, 5.74) is 9.41. The molecule has 2 unspecified atom stereocenters. The van der Waals surface area contributed by atoms with Gasteiger partial charge in [-0.3, -0.25) is 4.99 Å². The van der Waals surface area contributed by atoms with Crippen LogP contribution in [-0.4, -0.2) is 12.3 Å². The Morgan fingerprint density at radius 1 is 0.750 bits per heavy atom. The normalized spacial score (nSPS) is 23.3. The Labute approximate surface area is 238 Å². The number of dihydropyridines is 1. The van der Waals surface area contributed by atoms with E-state index in [-0.39, 0.29) is 5.92 Å². The fraction of sp³-hybridized carbons (Fsp3) is 0.205. The Kier molecular flexibility index (Phi) is 7.47. The third kappa shape index (κ3) is 5.05. The summed E-state index contributed by atoms with van der Waals surface area (Å²) in [7, 11) is 0. The van der Waals surface area contributed by atoms with Crippen LogP contribution in [0.15, 0.2) is 120 Å². The fourth-order valence-electron chi connectivity index (χ4n) is 6.31. The molecule has 198 valence electrons. The molecule has 40 heavy (non-hydrogen) atoms. The second kappa shape index (κ2) is 11.5. The zero-order chi connectivity index (χ0) is 27.5. The van der Waals surface area contributed by atoms with Crippen molar-refractivity contribution in [3.05, 3.63) is 148 Å². The lowest BCUT2D eigenvalue weighted by Gasteiger charge is -2.19. The van der Waals surface area contributed by atoms with Crippen LogP contribution in [0, 0.1) is 5.92 Å². The van der Waals surface area contributed by atoms with Crippen molar-refractivity contribution in [2.45, 2.75) is 46.1 Å². The molecule has 4 aromatic carbocycles. The van der Waals surface area contributed by atoms with Crippen molar-refractivity contribution in [3.63, 3.8) is 0 Å². The molecular weight excluding hydrogens is 482 g/mol. The number of aryl methyl sites for hydroxylation is 1. The van der Waals surface area contributed by atoms with Crippen LogP contribution in [0.4, 0.5) is 0 Å². The first-order valence-corrected chi connectivity index (χ1v) is 14.6. The van der Waals surface area contributed by atoms with Crippen molar-refractivity contribution in [1.29, 1.82) is 0 Å². The van der Waals surface area contributed by atoms with E-state index < -0.39 is 0 Å². The topological polar surface area (TPSA) is 12.4 Å². The van der Waals surface area contributed by atoms with E-state index in [2.05, 4.69) is 141 Å². The summed E-state index contributed by atoms with van der Waals surface area (Å²) in [5, 5.41) is 5.34. The van der Waals surface area contributed by atoms with Gasteiger partial charge in [-0.15, -0.1) is 0 Å². The molecule has 0 saturated heterocycles. The van der Waals surface area contributed by atoms with Gasteiger partial charge in [0.1, 0.15) is 0 Å². The minimum absolute atomic E-state index is 0.255. The quantitative estimate of drug-likeness (QED) is 0.258. The molecule has 0 N–H and O–H groups in total. The van der Waals surface area contributed by atoms with E-state index in [9.17, 15) is 0 Å². The Morgan fingerprint density at radius 2 is 1.48 bits per heavy atom. The smallest absolute Gasteiger partial charge is 0.0511 e. The second-order valence-corrected chi connectivity index (χ2v) is 11.0. The first-order valence-electron chi connectivity index (χ1n) is 14.6. The first-order chi connectivity index (χ1) is 19.6. The van der Waals surface area contributed by atoms with E-state index in [1.54, 1.807) is 0 Å². The van der Waals surface area contributed by atoms with Crippen molar-refractivity contribution in [2.24, 2.45) is 10.9 Å². The highest BCUT2D eigenvalue weighted by molar-refractivity contribution is 5.96. The molecule has 0 amide bonds. The fourth-order valence-corrected chi connectivity index (χ4v) is 6.31. The molecule has 6 rings (SSSR count). The van der Waals surface area contributed by atoms with Gasteiger partial charge in [-0.05, 0) is 92.4 Å². The van der Waals surface area contributed by atoms with E-state index in [4.69, 9.17) is 0 Å². The summed E-state index contributed by atoms with van der Waals surface area (Å²) >= 11 is 0. The highest BCUT2D eigenvalue weighted by atomic mass is 14.8. The maximum absolute atomic E-state index is 4.50. The minimum atomic E-state index is 0.255. The Bertz CT molecular complexity index is 1790. The molecule has 2 atom stereocenters. The third-order valence-corrected chi connectivity index (χ3v) is 8.39. The molecule has 0 radical (unpaired) electrons. The van der Waals surface area contributed by atoms with Gasteiger partial charge >= 0.3 is 0 Å². The van der Waals surface area contributed by atoms with Crippen LogP contribution in [0.25, 0.3) is 27.5 Å². The van der Waals surface area contributed by atoms with E-state index in [1.807, 2.05) is 6.21 Å². The molecule has 0 saturated carbocycles. The third-order valence-electron chi connectivity index (χ3n) is 8.39. The van der Waals surface area contributed by atoms with Crippen LogP contribution in [-0.2, 0) is 6.42 Å². The monoisotopic (exact) mass is 519 g/mol. The zero-order valence-electron chi connectivity index (χ0n) is 23.8. The number of fused-ring (bicyclic) bond motifs is 2. The van der Waals surface area contributed by atoms with E-state index >= 15 is 0 Å². The molecule has 1 heteroatoms. The summed E-state index contributed by atoms with van der Waals surface area (Å²) in [6.07, 6.45) is 16.1. The predicted octanol–water partition coefficient (Wildman–Crippen LogP) is 8.20. The summed E-state index contributed by atoms with van der Waals surface area (Å²) in [5.74, 6) is 0.255. The van der Waals surface area contributed by atoms with Crippen molar-refractivity contribution in [1.82, 2.24) is 0 Å². The largest absolute Gasteiger partial charge is 0.290 e. The minimum Gasteiger partial charge on any atom is -0.290 e. The van der Waals surface area contributed by atoms with Gasteiger partial charge in [0.2, 0.25) is 0 Å². The second-order valence-electron chi connectivity index (χ2n) is 11.0. The maximum atomic E-state index is 4.50. The lowest BCUT2D eigenvalue weighted by Crippen LogP contribution is -2.31. The van der Waals surface area contributed by atoms with Gasteiger partial charge in [-0.25, -0.2) is 0 Å². The average Bonchev–Trinajstić information content (AvgIpc) is 2.99. The number of nitrogens with zero attached hydrogens (tertiary/aromatic N) is 1.